The number of ether oxygens (including phenoxy) is 1. The van der Waals surface area contributed by atoms with Gasteiger partial charge < -0.3 is 10.1 Å². The topological polar surface area (TPSA) is 38.3 Å². The fourth-order valence-electron chi connectivity index (χ4n) is 1.81. The molecule has 1 rings (SSSR count). The van der Waals surface area contributed by atoms with Crippen LogP contribution in [0.5, 0.6) is 0 Å². The van der Waals surface area contributed by atoms with Crippen LogP contribution in [0.15, 0.2) is 30.4 Å². The lowest BCUT2D eigenvalue weighted by molar-refractivity contribution is -0.134. The second kappa shape index (κ2) is 7.88. The molecule has 0 bridgehead atoms. The van der Waals surface area contributed by atoms with Crippen molar-refractivity contribution in [3.8, 4) is 0 Å². The lowest BCUT2D eigenvalue weighted by Crippen LogP contribution is -2.40. The van der Waals surface area contributed by atoms with E-state index in [9.17, 15) is 13.6 Å². The summed E-state index contributed by atoms with van der Waals surface area (Å²) >= 11 is 0. The van der Waals surface area contributed by atoms with E-state index in [1.54, 1.807) is 6.92 Å². The minimum Gasteiger partial charge on any atom is -0.363 e. The van der Waals surface area contributed by atoms with Crippen molar-refractivity contribution in [3.05, 3.63) is 47.5 Å². The first kappa shape index (κ1) is 17.3. The van der Waals surface area contributed by atoms with Crippen LogP contribution in [0, 0.1) is 11.6 Å². The molecule has 116 valence electrons. The Kier molecular flexibility index (Phi) is 6.49. The van der Waals surface area contributed by atoms with E-state index in [0.29, 0.717) is 12.0 Å². The van der Waals surface area contributed by atoms with E-state index in [0.717, 1.165) is 11.6 Å². The molecule has 0 spiro atoms. The Morgan fingerprint density at radius 2 is 1.86 bits per heavy atom. The molecule has 0 saturated carbocycles. The van der Waals surface area contributed by atoms with Crippen LogP contribution in [0.4, 0.5) is 8.78 Å². The molecule has 1 aromatic rings. The van der Waals surface area contributed by atoms with Gasteiger partial charge in [-0.2, -0.15) is 0 Å². The smallest absolute Gasteiger partial charge is 0.249 e. The number of carbonyl (C=O) groups excluding carboxylic acids is 1. The number of halogens is 2. The van der Waals surface area contributed by atoms with E-state index >= 15 is 0 Å². The normalized spacial score (nSPS) is 12.3. The van der Waals surface area contributed by atoms with Crippen LogP contribution in [0.2, 0.25) is 0 Å². The number of rotatable bonds is 7. The summed E-state index contributed by atoms with van der Waals surface area (Å²) < 4.78 is 31.7. The lowest BCUT2D eigenvalue weighted by atomic mass is 10.1. The highest BCUT2D eigenvalue weighted by atomic mass is 19.1. The zero-order valence-corrected chi connectivity index (χ0v) is 12.6. The first-order valence-corrected chi connectivity index (χ1v) is 6.79. The van der Waals surface area contributed by atoms with E-state index in [4.69, 9.17) is 4.74 Å². The third-order valence-electron chi connectivity index (χ3n) is 2.63. The first-order valence-electron chi connectivity index (χ1n) is 6.79. The summed E-state index contributed by atoms with van der Waals surface area (Å²) in [5.41, 5.74) is 1.14. The molecule has 0 aliphatic rings. The summed E-state index contributed by atoms with van der Waals surface area (Å²) in [7, 11) is 0. The van der Waals surface area contributed by atoms with Crippen molar-refractivity contribution in [3.63, 3.8) is 0 Å². The van der Waals surface area contributed by atoms with Crippen LogP contribution in [0.25, 0.3) is 0 Å². The molecule has 0 saturated heterocycles. The number of nitrogens with one attached hydrogen (secondary N) is 1. The molecular weight excluding hydrogens is 276 g/mol. The van der Waals surface area contributed by atoms with Crippen molar-refractivity contribution in [2.24, 2.45) is 0 Å². The summed E-state index contributed by atoms with van der Waals surface area (Å²) in [4.78, 5) is 12.0. The van der Waals surface area contributed by atoms with E-state index in [1.165, 1.54) is 12.1 Å². The van der Waals surface area contributed by atoms with Gasteiger partial charge in [0.15, 0.2) is 0 Å². The van der Waals surface area contributed by atoms with Gasteiger partial charge in [0, 0.05) is 18.5 Å². The molecule has 5 heteroatoms. The highest BCUT2D eigenvalue weighted by Crippen LogP contribution is 2.13. The third-order valence-corrected chi connectivity index (χ3v) is 2.63. The molecule has 0 aliphatic carbocycles. The van der Waals surface area contributed by atoms with E-state index in [1.807, 2.05) is 13.8 Å². The zero-order chi connectivity index (χ0) is 16.0. The molecule has 0 fully saturated rings. The van der Waals surface area contributed by atoms with Gasteiger partial charge in [-0.3, -0.25) is 4.79 Å². The van der Waals surface area contributed by atoms with Crippen LogP contribution < -0.4 is 5.32 Å². The van der Waals surface area contributed by atoms with Crippen LogP contribution >= 0.6 is 0 Å². The number of amides is 1. The van der Waals surface area contributed by atoms with Crippen molar-refractivity contribution >= 4 is 5.91 Å². The Hall–Kier alpha value is -1.75. The van der Waals surface area contributed by atoms with Crippen molar-refractivity contribution in [1.29, 1.82) is 0 Å². The van der Waals surface area contributed by atoms with Gasteiger partial charge in [0.25, 0.3) is 0 Å². The Labute approximate surface area is 124 Å². The Bertz CT molecular complexity index is 495. The maximum atomic E-state index is 13.1. The molecule has 1 atom stereocenters. The van der Waals surface area contributed by atoms with Gasteiger partial charge in [-0.15, -0.1) is 6.58 Å². The van der Waals surface area contributed by atoms with Crippen molar-refractivity contribution in [2.45, 2.75) is 45.9 Å². The van der Waals surface area contributed by atoms with Crippen molar-refractivity contribution in [1.82, 2.24) is 5.32 Å². The molecular formula is C16H21F2NO2. The lowest BCUT2D eigenvalue weighted by Gasteiger charge is -2.19. The van der Waals surface area contributed by atoms with Crippen LogP contribution in [0.3, 0.4) is 0 Å². The van der Waals surface area contributed by atoms with E-state index in [-0.39, 0.29) is 18.6 Å². The molecule has 1 unspecified atom stereocenters. The molecule has 1 N–H and O–H groups in total. The minimum atomic E-state index is -0.726. The van der Waals surface area contributed by atoms with Gasteiger partial charge in [-0.25, -0.2) is 8.78 Å². The predicted molar refractivity (Wildman–Crippen MR) is 77.6 cm³/mol. The van der Waals surface area contributed by atoms with Crippen molar-refractivity contribution in [2.75, 3.05) is 0 Å². The quantitative estimate of drug-likeness (QED) is 0.784. The molecule has 1 aromatic carbocycles. The molecule has 21 heavy (non-hydrogen) atoms. The summed E-state index contributed by atoms with van der Waals surface area (Å²) in [6.07, 6.45) is -0.368. The highest BCUT2D eigenvalue weighted by Gasteiger charge is 2.20. The number of hydrogen-bond acceptors (Lipinski definition) is 2. The van der Waals surface area contributed by atoms with E-state index in [2.05, 4.69) is 11.9 Å². The van der Waals surface area contributed by atoms with Crippen molar-refractivity contribution < 1.29 is 18.3 Å². The van der Waals surface area contributed by atoms with Gasteiger partial charge >= 0.3 is 0 Å². The van der Waals surface area contributed by atoms with Gasteiger partial charge in [0.05, 0.1) is 6.61 Å². The Morgan fingerprint density at radius 3 is 2.33 bits per heavy atom. The van der Waals surface area contributed by atoms with Crippen LogP contribution in [-0.4, -0.2) is 18.1 Å². The number of hydrogen-bond donors (Lipinski definition) is 1. The maximum absolute atomic E-state index is 13.1. The van der Waals surface area contributed by atoms with Gasteiger partial charge in [0.1, 0.15) is 17.7 Å². The number of benzene rings is 1. The molecule has 0 aromatic heterocycles. The SMILES string of the molecule is C=C(C)CC(OCc1cc(F)cc(F)c1)C(=O)NC(C)C. The van der Waals surface area contributed by atoms with Gasteiger partial charge in [0.2, 0.25) is 5.91 Å². The van der Waals surface area contributed by atoms with Crippen LogP contribution in [-0.2, 0) is 16.1 Å². The highest BCUT2D eigenvalue weighted by molar-refractivity contribution is 5.81. The average molecular weight is 297 g/mol. The van der Waals surface area contributed by atoms with Gasteiger partial charge in [-0.05, 0) is 38.5 Å². The fourth-order valence-corrected chi connectivity index (χ4v) is 1.81. The number of carbonyl (C=O) groups is 1. The minimum absolute atomic E-state index is 0.0136. The summed E-state index contributed by atoms with van der Waals surface area (Å²) in [5, 5.41) is 2.75. The van der Waals surface area contributed by atoms with Gasteiger partial charge in [-0.1, -0.05) is 5.57 Å². The molecule has 1 amide bonds. The Morgan fingerprint density at radius 1 is 1.29 bits per heavy atom. The molecule has 0 radical (unpaired) electrons. The standard InChI is InChI=1S/C16H21F2NO2/c1-10(2)5-15(16(20)19-11(3)4)21-9-12-6-13(17)8-14(18)7-12/h6-8,11,15H,1,5,9H2,2-4H3,(H,19,20). The fraction of sp³-hybridized carbons (Fsp3) is 0.438. The summed E-state index contributed by atoms with van der Waals surface area (Å²) in [5.74, 6) is -1.60. The largest absolute Gasteiger partial charge is 0.363 e. The molecule has 0 heterocycles. The second-order valence-corrected chi connectivity index (χ2v) is 5.40. The van der Waals surface area contributed by atoms with Crippen LogP contribution in [0.1, 0.15) is 32.8 Å². The maximum Gasteiger partial charge on any atom is 0.249 e. The monoisotopic (exact) mass is 297 g/mol. The first-order chi connectivity index (χ1) is 9.77. The average Bonchev–Trinajstić information content (AvgIpc) is 2.31. The summed E-state index contributed by atoms with van der Waals surface area (Å²) in [6, 6.07) is 3.14. The third kappa shape index (κ3) is 6.49. The molecule has 3 nitrogen and oxygen atoms in total. The van der Waals surface area contributed by atoms with E-state index < -0.39 is 17.7 Å². The zero-order valence-electron chi connectivity index (χ0n) is 12.6. The Balaban J connectivity index is 2.72. The molecule has 0 aliphatic heterocycles. The second-order valence-electron chi connectivity index (χ2n) is 5.40. The predicted octanol–water partition coefficient (Wildman–Crippen LogP) is 3.34. The summed E-state index contributed by atoms with van der Waals surface area (Å²) in [6.45, 7) is 9.20.